The van der Waals surface area contributed by atoms with Crippen molar-refractivity contribution in [1.82, 2.24) is 5.32 Å². The molecule has 2 rings (SSSR count). The Labute approximate surface area is 100 Å². The molecular weight excluding hydrogens is 217 g/mol. The maximum atomic E-state index is 13.2. The van der Waals surface area contributed by atoms with Gasteiger partial charge in [0.15, 0.2) is 0 Å². The zero-order chi connectivity index (χ0) is 12.1. The Morgan fingerprint density at radius 1 is 1.29 bits per heavy atom. The second kappa shape index (κ2) is 5.64. The molecule has 1 N–H and O–H groups in total. The first kappa shape index (κ1) is 11.9. The van der Waals surface area contributed by atoms with Gasteiger partial charge in [-0.2, -0.15) is 0 Å². The third-order valence-corrected chi connectivity index (χ3v) is 2.61. The van der Waals surface area contributed by atoms with E-state index in [-0.39, 0.29) is 11.9 Å². The quantitative estimate of drug-likeness (QED) is 0.855. The largest absolute Gasteiger partial charge is 0.467 e. The summed E-state index contributed by atoms with van der Waals surface area (Å²) < 4.78 is 18.6. The average Bonchev–Trinajstić information content (AvgIpc) is 2.83. The van der Waals surface area contributed by atoms with E-state index in [4.69, 9.17) is 4.42 Å². The highest BCUT2D eigenvalue weighted by atomic mass is 19.1. The van der Waals surface area contributed by atoms with Gasteiger partial charge in [-0.05, 0) is 42.8 Å². The van der Waals surface area contributed by atoms with Gasteiger partial charge in [0.25, 0.3) is 0 Å². The first-order valence-electron chi connectivity index (χ1n) is 5.83. The summed E-state index contributed by atoms with van der Waals surface area (Å²) in [5, 5.41) is 3.35. The van der Waals surface area contributed by atoms with Crippen LogP contribution in [-0.2, 0) is 0 Å². The maximum Gasteiger partial charge on any atom is 0.125 e. The van der Waals surface area contributed by atoms with E-state index in [9.17, 15) is 4.39 Å². The molecule has 0 bridgehead atoms. The second-order valence-electron chi connectivity index (χ2n) is 3.96. The lowest BCUT2D eigenvalue weighted by Crippen LogP contribution is -2.22. The van der Waals surface area contributed by atoms with Crippen molar-refractivity contribution in [1.29, 1.82) is 0 Å². The van der Waals surface area contributed by atoms with E-state index in [1.54, 1.807) is 12.3 Å². The molecule has 0 saturated heterocycles. The van der Waals surface area contributed by atoms with E-state index in [1.807, 2.05) is 18.2 Å². The Kier molecular flexibility index (Phi) is 3.94. The highest BCUT2D eigenvalue weighted by Crippen LogP contribution is 2.22. The molecule has 0 aliphatic carbocycles. The van der Waals surface area contributed by atoms with Crippen molar-refractivity contribution in [2.75, 3.05) is 6.54 Å². The van der Waals surface area contributed by atoms with Gasteiger partial charge in [-0.3, -0.25) is 0 Å². The molecule has 2 aromatic rings. The van der Waals surface area contributed by atoms with Crippen molar-refractivity contribution in [3.63, 3.8) is 0 Å². The van der Waals surface area contributed by atoms with Crippen LogP contribution in [0.2, 0.25) is 0 Å². The number of hydrogen-bond donors (Lipinski definition) is 1. The maximum absolute atomic E-state index is 13.2. The molecule has 17 heavy (non-hydrogen) atoms. The second-order valence-corrected chi connectivity index (χ2v) is 3.96. The van der Waals surface area contributed by atoms with Gasteiger partial charge in [-0.25, -0.2) is 4.39 Å². The van der Waals surface area contributed by atoms with Gasteiger partial charge in [-0.1, -0.05) is 19.1 Å². The van der Waals surface area contributed by atoms with Crippen molar-refractivity contribution in [2.24, 2.45) is 0 Å². The Bertz CT molecular complexity index is 453. The first-order valence-corrected chi connectivity index (χ1v) is 5.83. The molecule has 90 valence electrons. The van der Waals surface area contributed by atoms with Gasteiger partial charge in [-0.15, -0.1) is 0 Å². The molecule has 0 radical (unpaired) electrons. The number of halogens is 1. The van der Waals surface area contributed by atoms with Crippen LogP contribution in [0.4, 0.5) is 4.39 Å². The summed E-state index contributed by atoms with van der Waals surface area (Å²) in [6.07, 6.45) is 2.65. The van der Waals surface area contributed by atoms with E-state index in [2.05, 4.69) is 12.2 Å². The summed E-state index contributed by atoms with van der Waals surface area (Å²) in [4.78, 5) is 0. The van der Waals surface area contributed by atoms with Crippen LogP contribution in [0.5, 0.6) is 0 Å². The SMILES string of the molecule is CCCNC(c1cccc(F)c1)c1ccco1. The highest BCUT2D eigenvalue weighted by molar-refractivity contribution is 5.27. The van der Waals surface area contributed by atoms with Crippen molar-refractivity contribution in [3.8, 4) is 0 Å². The zero-order valence-electron chi connectivity index (χ0n) is 9.82. The third-order valence-electron chi connectivity index (χ3n) is 2.61. The number of rotatable bonds is 5. The minimum Gasteiger partial charge on any atom is -0.467 e. The Balaban J connectivity index is 2.27. The summed E-state index contributed by atoms with van der Waals surface area (Å²) >= 11 is 0. The van der Waals surface area contributed by atoms with Crippen LogP contribution >= 0.6 is 0 Å². The fourth-order valence-corrected chi connectivity index (χ4v) is 1.81. The normalized spacial score (nSPS) is 12.6. The molecule has 1 atom stereocenters. The lowest BCUT2D eigenvalue weighted by molar-refractivity contribution is 0.445. The minimum absolute atomic E-state index is 0.0827. The number of furan rings is 1. The topological polar surface area (TPSA) is 25.2 Å². The van der Waals surface area contributed by atoms with E-state index >= 15 is 0 Å². The molecular formula is C14H16FNO. The van der Waals surface area contributed by atoms with Crippen LogP contribution in [0.3, 0.4) is 0 Å². The van der Waals surface area contributed by atoms with Crippen molar-refractivity contribution >= 4 is 0 Å². The third kappa shape index (κ3) is 2.94. The number of hydrogen-bond acceptors (Lipinski definition) is 2. The molecule has 0 amide bonds. The molecule has 3 heteroatoms. The van der Waals surface area contributed by atoms with Crippen LogP contribution in [0.15, 0.2) is 47.1 Å². The van der Waals surface area contributed by atoms with E-state index < -0.39 is 0 Å². The number of benzene rings is 1. The molecule has 0 spiro atoms. The molecule has 1 aromatic carbocycles. The Morgan fingerprint density at radius 3 is 2.82 bits per heavy atom. The summed E-state index contributed by atoms with van der Waals surface area (Å²) in [6, 6.07) is 10.3. The lowest BCUT2D eigenvalue weighted by Gasteiger charge is -2.16. The Hall–Kier alpha value is -1.61. The summed E-state index contributed by atoms with van der Waals surface area (Å²) in [6.45, 7) is 2.96. The summed E-state index contributed by atoms with van der Waals surface area (Å²) in [5.74, 6) is 0.585. The molecule has 0 fully saturated rings. The molecule has 0 aliphatic rings. The summed E-state index contributed by atoms with van der Waals surface area (Å²) in [5.41, 5.74) is 0.883. The van der Waals surface area contributed by atoms with Gasteiger partial charge in [0, 0.05) is 0 Å². The standard InChI is InChI=1S/C14H16FNO/c1-2-8-16-14(13-7-4-9-17-13)11-5-3-6-12(15)10-11/h3-7,9-10,14,16H,2,8H2,1H3. The highest BCUT2D eigenvalue weighted by Gasteiger charge is 2.16. The van der Waals surface area contributed by atoms with Crippen LogP contribution in [0.25, 0.3) is 0 Å². The van der Waals surface area contributed by atoms with Crippen LogP contribution in [0.1, 0.15) is 30.7 Å². The predicted molar refractivity (Wildman–Crippen MR) is 65.2 cm³/mol. The van der Waals surface area contributed by atoms with Gasteiger partial charge in [0.2, 0.25) is 0 Å². The predicted octanol–water partition coefficient (Wildman–Crippen LogP) is 3.51. The van der Waals surface area contributed by atoms with E-state index in [0.29, 0.717) is 0 Å². The zero-order valence-corrected chi connectivity index (χ0v) is 9.82. The van der Waals surface area contributed by atoms with Gasteiger partial charge in [0.1, 0.15) is 11.6 Å². The Morgan fingerprint density at radius 2 is 2.18 bits per heavy atom. The smallest absolute Gasteiger partial charge is 0.125 e. The van der Waals surface area contributed by atoms with Crippen molar-refractivity contribution in [2.45, 2.75) is 19.4 Å². The van der Waals surface area contributed by atoms with Crippen molar-refractivity contribution in [3.05, 3.63) is 59.8 Å². The fourth-order valence-electron chi connectivity index (χ4n) is 1.81. The minimum atomic E-state index is -0.225. The molecule has 1 heterocycles. The molecule has 1 unspecified atom stereocenters. The van der Waals surface area contributed by atoms with Crippen LogP contribution in [-0.4, -0.2) is 6.54 Å². The lowest BCUT2D eigenvalue weighted by atomic mass is 10.0. The first-order chi connectivity index (χ1) is 8.31. The van der Waals surface area contributed by atoms with Crippen LogP contribution in [0, 0.1) is 5.82 Å². The van der Waals surface area contributed by atoms with Crippen molar-refractivity contribution < 1.29 is 8.81 Å². The molecule has 0 saturated carbocycles. The monoisotopic (exact) mass is 233 g/mol. The van der Waals surface area contributed by atoms with E-state index in [1.165, 1.54) is 12.1 Å². The molecule has 1 aromatic heterocycles. The van der Waals surface area contributed by atoms with Gasteiger partial charge < -0.3 is 9.73 Å². The molecule has 2 nitrogen and oxygen atoms in total. The fraction of sp³-hybridized carbons (Fsp3) is 0.286. The number of nitrogens with one attached hydrogen (secondary N) is 1. The van der Waals surface area contributed by atoms with Crippen LogP contribution < -0.4 is 5.32 Å². The summed E-state index contributed by atoms with van der Waals surface area (Å²) in [7, 11) is 0. The van der Waals surface area contributed by atoms with Gasteiger partial charge >= 0.3 is 0 Å². The molecule has 0 aliphatic heterocycles. The van der Waals surface area contributed by atoms with E-state index in [0.717, 1.165) is 24.3 Å². The average molecular weight is 233 g/mol. The van der Waals surface area contributed by atoms with Gasteiger partial charge in [0.05, 0.1) is 12.3 Å².